The van der Waals surface area contributed by atoms with E-state index in [4.69, 9.17) is 28.9 Å². The fraction of sp³-hybridized carbons (Fsp3) is 0.143. The van der Waals surface area contributed by atoms with Crippen molar-refractivity contribution in [3.63, 3.8) is 0 Å². The molecule has 1 aromatic carbocycles. The lowest BCUT2D eigenvalue weighted by Gasteiger charge is -2.05. The first-order valence-electron chi connectivity index (χ1n) is 3.13. The van der Waals surface area contributed by atoms with Crippen LogP contribution in [0.4, 0.5) is 5.69 Å². The Hall–Kier alpha value is -0.440. The molecule has 0 saturated heterocycles. The summed E-state index contributed by atoms with van der Waals surface area (Å²) in [6.45, 7) is 0.347. The van der Waals surface area contributed by atoms with E-state index in [9.17, 15) is 0 Å². The zero-order valence-electron chi connectivity index (χ0n) is 5.77. The topological polar surface area (TPSA) is 38.0 Å². The van der Waals surface area contributed by atoms with Gasteiger partial charge in [-0.2, -0.15) is 0 Å². The molecule has 0 aromatic heterocycles. The van der Waals surface area contributed by atoms with Crippen LogP contribution >= 0.6 is 23.2 Å². The van der Waals surface area contributed by atoms with Gasteiger partial charge in [0.2, 0.25) is 0 Å². The summed E-state index contributed by atoms with van der Waals surface area (Å²) >= 11 is 11.6. The van der Waals surface area contributed by atoms with Gasteiger partial charge < -0.3 is 11.1 Å². The summed E-state index contributed by atoms with van der Waals surface area (Å²) in [5, 5.41) is 3.92. The first-order valence-corrected chi connectivity index (χ1v) is 3.89. The Balaban J connectivity index is 2.96. The average Bonchev–Trinajstić information content (AvgIpc) is 1.99. The number of rotatable bonds is 2. The van der Waals surface area contributed by atoms with Crippen LogP contribution in [0.15, 0.2) is 18.2 Å². The van der Waals surface area contributed by atoms with Crippen molar-refractivity contribution in [3.8, 4) is 0 Å². The van der Waals surface area contributed by atoms with Crippen LogP contribution in [0.1, 0.15) is 0 Å². The molecule has 3 N–H and O–H groups in total. The van der Waals surface area contributed by atoms with E-state index in [1.165, 1.54) is 0 Å². The van der Waals surface area contributed by atoms with E-state index in [-0.39, 0.29) is 0 Å². The summed E-state index contributed by atoms with van der Waals surface area (Å²) in [4.78, 5) is 0. The van der Waals surface area contributed by atoms with E-state index in [0.29, 0.717) is 16.7 Å². The normalized spacial score (nSPS) is 9.73. The summed E-state index contributed by atoms with van der Waals surface area (Å²) in [5.41, 5.74) is 6.03. The highest BCUT2D eigenvalue weighted by molar-refractivity contribution is 6.43. The highest BCUT2D eigenvalue weighted by atomic mass is 35.5. The molecule has 0 unspecified atom stereocenters. The van der Waals surface area contributed by atoms with Gasteiger partial charge in [-0.05, 0) is 12.1 Å². The Morgan fingerprint density at radius 1 is 1.36 bits per heavy atom. The van der Waals surface area contributed by atoms with Crippen LogP contribution in [0, 0.1) is 0 Å². The van der Waals surface area contributed by atoms with E-state index in [2.05, 4.69) is 5.32 Å². The fourth-order valence-corrected chi connectivity index (χ4v) is 1.12. The van der Waals surface area contributed by atoms with Crippen LogP contribution in [-0.2, 0) is 0 Å². The lowest BCUT2D eigenvalue weighted by molar-refractivity contribution is 1.14. The minimum absolute atomic E-state index is 0.347. The molecule has 2 nitrogen and oxygen atoms in total. The zero-order valence-corrected chi connectivity index (χ0v) is 7.28. The van der Waals surface area contributed by atoms with Gasteiger partial charge in [-0.3, -0.25) is 0 Å². The van der Waals surface area contributed by atoms with Gasteiger partial charge in [0.1, 0.15) is 0 Å². The lowest BCUT2D eigenvalue weighted by Crippen LogP contribution is -2.10. The van der Waals surface area contributed by atoms with E-state index in [0.717, 1.165) is 5.69 Å². The first kappa shape index (κ1) is 8.65. The molecule has 1 rings (SSSR count). The fourth-order valence-electron chi connectivity index (χ4n) is 0.750. The average molecular weight is 191 g/mol. The Kier molecular flexibility index (Phi) is 3.00. The van der Waals surface area contributed by atoms with E-state index >= 15 is 0 Å². The van der Waals surface area contributed by atoms with Crippen molar-refractivity contribution in [1.82, 2.24) is 0 Å². The number of hydrogen-bond donors (Lipinski definition) is 2. The third-order valence-corrected chi connectivity index (χ3v) is 2.06. The van der Waals surface area contributed by atoms with Crippen LogP contribution in [0.3, 0.4) is 0 Å². The molecule has 0 spiro atoms. The smallest absolute Gasteiger partial charge is 0.0823 e. The van der Waals surface area contributed by atoms with Crippen molar-refractivity contribution in [2.24, 2.45) is 5.73 Å². The molecule has 0 atom stereocenters. The van der Waals surface area contributed by atoms with E-state index in [1.54, 1.807) is 6.07 Å². The Morgan fingerprint density at radius 3 is 2.73 bits per heavy atom. The van der Waals surface area contributed by atoms with Gasteiger partial charge in [0.25, 0.3) is 0 Å². The van der Waals surface area contributed by atoms with Crippen molar-refractivity contribution in [2.75, 3.05) is 12.0 Å². The van der Waals surface area contributed by atoms with Crippen LogP contribution in [0.2, 0.25) is 10.0 Å². The molecule has 0 heterocycles. The lowest BCUT2D eigenvalue weighted by atomic mass is 10.3. The van der Waals surface area contributed by atoms with Crippen molar-refractivity contribution in [3.05, 3.63) is 28.2 Å². The summed E-state index contributed by atoms with van der Waals surface area (Å²) in [5.74, 6) is 0. The maximum atomic E-state index is 5.82. The van der Waals surface area contributed by atoms with Crippen LogP contribution < -0.4 is 11.1 Å². The molecule has 60 valence electrons. The van der Waals surface area contributed by atoms with Gasteiger partial charge in [-0.1, -0.05) is 29.3 Å². The zero-order chi connectivity index (χ0) is 8.27. The predicted octanol–water partition coefficient (Wildman–Crippen LogP) is 2.32. The third-order valence-electron chi connectivity index (χ3n) is 1.24. The van der Waals surface area contributed by atoms with Gasteiger partial charge in [0, 0.05) is 0 Å². The summed E-state index contributed by atoms with van der Waals surface area (Å²) < 4.78 is 0. The number of hydrogen-bond acceptors (Lipinski definition) is 2. The molecule has 0 aliphatic rings. The Morgan fingerprint density at radius 2 is 2.09 bits per heavy atom. The molecule has 0 radical (unpaired) electrons. The van der Waals surface area contributed by atoms with Crippen LogP contribution in [0.25, 0.3) is 0 Å². The van der Waals surface area contributed by atoms with Crippen molar-refractivity contribution in [2.45, 2.75) is 0 Å². The second kappa shape index (κ2) is 3.81. The number of anilines is 1. The monoisotopic (exact) mass is 190 g/mol. The molecular weight excluding hydrogens is 183 g/mol. The molecule has 0 aliphatic carbocycles. The quantitative estimate of drug-likeness (QED) is 0.704. The van der Waals surface area contributed by atoms with Crippen molar-refractivity contribution < 1.29 is 0 Å². The van der Waals surface area contributed by atoms with Crippen LogP contribution in [-0.4, -0.2) is 6.67 Å². The van der Waals surface area contributed by atoms with Gasteiger partial charge in [-0.25, -0.2) is 0 Å². The molecule has 1 aromatic rings. The molecule has 11 heavy (non-hydrogen) atoms. The summed E-state index contributed by atoms with van der Waals surface area (Å²) in [6.07, 6.45) is 0. The highest BCUT2D eigenvalue weighted by Crippen LogP contribution is 2.28. The molecule has 0 saturated carbocycles. The SMILES string of the molecule is NCNc1cccc(Cl)c1Cl. The summed E-state index contributed by atoms with van der Waals surface area (Å²) in [6, 6.07) is 5.36. The predicted molar refractivity (Wildman–Crippen MR) is 49.1 cm³/mol. The van der Waals surface area contributed by atoms with Crippen molar-refractivity contribution in [1.29, 1.82) is 0 Å². The number of halogens is 2. The van der Waals surface area contributed by atoms with Gasteiger partial charge in [0.15, 0.2) is 0 Å². The van der Waals surface area contributed by atoms with Gasteiger partial charge in [-0.15, -0.1) is 0 Å². The molecule has 0 amide bonds. The van der Waals surface area contributed by atoms with Gasteiger partial charge in [0.05, 0.1) is 22.4 Å². The number of benzene rings is 1. The molecule has 0 bridgehead atoms. The third kappa shape index (κ3) is 1.99. The highest BCUT2D eigenvalue weighted by Gasteiger charge is 2.01. The van der Waals surface area contributed by atoms with Crippen LogP contribution in [0.5, 0.6) is 0 Å². The Bertz CT molecular complexity index is 250. The standard InChI is InChI=1S/C7H8Cl2N2/c8-5-2-1-3-6(7(5)9)11-4-10/h1-3,11H,4,10H2. The number of nitrogens with two attached hydrogens (primary N) is 1. The minimum Gasteiger partial charge on any atom is -0.371 e. The molecule has 0 fully saturated rings. The maximum absolute atomic E-state index is 5.82. The second-order valence-corrected chi connectivity index (χ2v) is 2.77. The largest absolute Gasteiger partial charge is 0.371 e. The second-order valence-electron chi connectivity index (χ2n) is 1.98. The molecular formula is C7H8Cl2N2. The molecule has 4 heteroatoms. The van der Waals surface area contributed by atoms with E-state index < -0.39 is 0 Å². The Labute approximate surface area is 75.3 Å². The molecule has 0 aliphatic heterocycles. The first-order chi connectivity index (χ1) is 5.25. The van der Waals surface area contributed by atoms with E-state index in [1.807, 2.05) is 12.1 Å². The number of nitrogens with one attached hydrogen (secondary N) is 1. The van der Waals surface area contributed by atoms with Crippen molar-refractivity contribution >= 4 is 28.9 Å². The maximum Gasteiger partial charge on any atom is 0.0823 e. The summed E-state index contributed by atoms with van der Waals surface area (Å²) in [7, 11) is 0. The minimum atomic E-state index is 0.347. The van der Waals surface area contributed by atoms with Gasteiger partial charge >= 0.3 is 0 Å².